The second-order valence-electron chi connectivity index (χ2n) is 4.07. The number of para-hydroxylation sites is 1. The number of rotatable bonds is 6. The first-order valence-corrected chi connectivity index (χ1v) is 6.63. The predicted molar refractivity (Wildman–Crippen MR) is 75.9 cm³/mol. The second kappa shape index (κ2) is 8.29. The van der Waals surface area contributed by atoms with Crippen LogP contribution in [0.25, 0.3) is 0 Å². The topological polar surface area (TPSA) is 47.9 Å². The molecule has 0 fully saturated rings. The molecular formula is C15H21NO3. The molecule has 0 aromatic heterocycles. The Balaban J connectivity index is 2.81. The number of hydrogen-bond donors (Lipinski definition) is 0. The lowest BCUT2D eigenvalue weighted by atomic mass is 10.2. The van der Waals surface area contributed by atoms with Crippen LogP contribution in [-0.4, -0.2) is 25.0 Å². The van der Waals surface area contributed by atoms with Crippen LogP contribution in [0.3, 0.4) is 0 Å². The van der Waals surface area contributed by atoms with Crippen LogP contribution >= 0.6 is 0 Å². The Kier molecular flexibility index (Phi) is 6.64. The van der Waals surface area contributed by atoms with Crippen LogP contribution in [-0.2, 0) is 4.74 Å². The highest BCUT2D eigenvalue weighted by molar-refractivity contribution is 6.03. The molecule has 0 N–H and O–H groups in total. The van der Waals surface area contributed by atoms with Crippen molar-refractivity contribution in [2.45, 2.75) is 33.6 Å². The Morgan fingerprint density at radius 2 is 2.00 bits per heavy atom. The van der Waals surface area contributed by atoms with E-state index in [0.717, 1.165) is 12.8 Å². The number of benzene rings is 1. The SMILES string of the molecule is CCCCOc1ccccc1C(=O)/N=C(/C)OCC. The summed E-state index contributed by atoms with van der Waals surface area (Å²) in [5.41, 5.74) is 0.470. The van der Waals surface area contributed by atoms with Gasteiger partial charge in [-0.25, -0.2) is 0 Å². The zero-order valence-corrected chi connectivity index (χ0v) is 11.8. The molecule has 0 saturated carbocycles. The molecule has 0 atom stereocenters. The summed E-state index contributed by atoms with van der Waals surface area (Å²) in [5, 5.41) is 0. The molecule has 0 radical (unpaired) electrons. The Labute approximate surface area is 114 Å². The van der Waals surface area contributed by atoms with Crippen LogP contribution in [0.2, 0.25) is 0 Å². The number of unbranched alkanes of at least 4 members (excludes halogenated alkanes) is 1. The molecule has 0 heterocycles. The first-order valence-electron chi connectivity index (χ1n) is 6.63. The zero-order chi connectivity index (χ0) is 14.1. The Morgan fingerprint density at radius 3 is 2.68 bits per heavy atom. The lowest BCUT2D eigenvalue weighted by Gasteiger charge is -2.09. The molecular weight excluding hydrogens is 242 g/mol. The molecule has 0 unspecified atom stereocenters. The minimum absolute atomic E-state index is 0.335. The fourth-order valence-electron chi connectivity index (χ4n) is 1.54. The van der Waals surface area contributed by atoms with Gasteiger partial charge in [0, 0.05) is 6.92 Å². The third-order valence-corrected chi connectivity index (χ3v) is 2.49. The molecule has 4 heteroatoms. The average molecular weight is 263 g/mol. The summed E-state index contributed by atoms with van der Waals surface area (Å²) in [4.78, 5) is 15.9. The molecule has 0 bridgehead atoms. The maximum absolute atomic E-state index is 12.0. The Hall–Kier alpha value is -1.84. The molecule has 1 aromatic rings. The van der Waals surface area contributed by atoms with Crippen molar-refractivity contribution in [1.29, 1.82) is 0 Å². The minimum Gasteiger partial charge on any atom is -0.493 e. The molecule has 0 aliphatic rings. The smallest absolute Gasteiger partial charge is 0.283 e. The predicted octanol–water partition coefficient (Wildman–Crippen LogP) is 3.46. The zero-order valence-electron chi connectivity index (χ0n) is 11.8. The van der Waals surface area contributed by atoms with Crippen molar-refractivity contribution in [3.8, 4) is 5.75 Å². The van der Waals surface area contributed by atoms with E-state index in [1.54, 1.807) is 25.1 Å². The lowest BCUT2D eigenvalue weighted by Crippen LogP contribution is -2.07. The van der Waals surface area contributed by atoms with E-state index in [9.17, 15) is 4.79 Å². The number of nitrogens with zero attached hydrogens (tertiary/aromatic N) is 1. The summed E-state index contributed by atoms with van der Waals surface area (Å²) in [6, 6.07) is 7.14. The number of aliphatic imine (C=N–C) groups is 1. The van der Waals surface area contributed by atoms with E-state index < -0.39 is 0 Å². The maximum Gasteiger partial charge on any atom is 0.283 e. The Bertz CT molecular complexity index is 441. The van der Waals surface area contributed by atoms with Crippen LogP contribution in [0.1, 0.15) is 44.0 Å². The summed E-state index contributed by atoms with van der Waals surface area (Å²) in [7, 11) is 0. The van der Waals surface area contributed by atoms with Gasteiger partial charge in [-0.2, -0.15) is 4.99 Å². The molecule has 1 aromatic carbocycles. The summed E-state index contributed by atoms with van der Waals surface area (Å²) < 4.78 is 10.8. The van der Waals surface area contributed by atoms with Crippen molar-refractivity contribution in [3.05, 3.63) is 29.8 Å². The van der Waals surface area contributed by atoms with Crippen LogP contribution < -0.4 is 4.74 Å². The van der Waals surface area contributed by atoms with Gasteiger partial charge < -0.3 is 9.47 Å². The van der Waals surface area contributed by atoms with Crippen molar-refractivity contribution in [2.24, 2.45) is 4.99 Å². The van der Waals surface area contributed by atoms with E-state index >= 15 is 0 Å². The monoisotopic (exact) mass is 263 g/mol. The van der Waals surface area contributed by atoms with E-state index in [1.807, 2.05) is 13.0 Å². The molecule has 1 amide bonds. The van der Waals surface area contributed by atoms with Crippen molar-refractivity contribution in [2.75, 3.05) is 13.2 Å². The second-order valence-corrected chi connectivity index (χ2v) is 4.07. The van der Waals surface area contributed by atoms with Gasteiger partial charge in [0.2, 0.25) is 0 Å². The molecule has 0 saturated heterocycles. The molecule has 0 aliphatic carbocycles. The number of carbonyl (C=O) groups is 1. The normalized spacial score (nSPS) is 11.2. The van der Waals surface area contributed by atoms with Gasteiger partial charge in [-0.05, 0) is 25.5 Å². The number of ether oxygens (including phenoxy) is 2. The minimum atomic E-state index is -0.335. The fourth-order valence-corrected chi connectivity index (χ4v) is 1.54. The average Bonchev–Trinajstić information content (AvgIpc) is 2.39. The number of hydrogen-bond acceptors (Lipinski definition) is 3. The van der Waals surface area contributed by atoms with Gasteiger partial charge in [-0.3, -0.25) is 4.79 Å². The third-order valence-electron chi connectivity index (χ3n) is 2.49. The number of amides is 1. The summed E-state index contributed by atoms with van der Waals surface area (Å²) in [6.45, 7) is 6.72. The number of carbonyl (C=O) groups excluding carboxylic acids is 1. The third kappa shape index (κ3) is 5.12. The van der Waals surface area contributed by atoms with Crippen LogP contribution in [0.4, 0.5) is 0 Å². The first-order chi connectivity index (χ1) is 9.19. The van der Waals surface area contributed by atoms with Crippen molar-refractivity contribution >= 4 is 11.8 Å². The maximum atomic E-state index is 12.0. The van der Waals surface area contributed by atoms with Crippen LogP contribution in [0.15, 0.2) is 29.3 Å². The van der Waals surface area contributed by atoms with E-state index in [1.165, 1.54) is 0 Å². The molecule has 0 spiro atoms. The summed E-state index contributed by atoms with van der Waals surface area (Å²) in [5.74, 6) is 0.614. The largest absolute Gasteiger partial charge is 0.493 e. The van der Waals surface area contributed by atoms with E-state index in [4.69, 9.17) is 9.47 Å². The highest BCUT2D eigenvalue weighted by Crippen LogP contribution is 2.19. The lowest BCUT2D eigenvalue weighted by molar-refractivity contribution is 0.0995. The molecule has 104 valence electrons. The highest BCUT2D eigenvalue weighted by Gasteiger charge is 2.11. The van der Waals surface area contributed by atoms with Gasteiger partial charge in [-0.1, -0.05) is 25.5 Å². The molecule has 19 heavy (non-hydrogen) atoms. The first kappa shape index (κ1) is 15.2. The van der Waals surface area contributed by atoms with Gasteiger partial charge >= 0.3 is 0 Å². The molecule has 4 nitrogen and oxygen atoms in total. The van der Waals surface area contributed by atoms with Gasteiger partial charge in [0.25, 0.3) is 5.91 Å². The standard InChI is InChI=1S/C15H21NO3/c1-4-6-11-19-14-10-8-7-9-13(14)15(17)16-12(3)18-5-2/h7-10H,4-6,11H2,1-3H3/b16-12-. The van der Waals surface area contributed by atoms with Crippen molar-refractivity contribution in [3.63, 3.8) is 0 Å². The molecule has 1 rings (SSSR count). The van der Waals surface area contributed by atoms with Crippen molar-refractivity contribution < 1.29 is 14.3 Å². The highest BCUT2D eigenvalue weighted by atomic mass is 16.5. The van der Waals surface area contributed by atoms with E-state index in [-0.39, 0.29) is 5.91 Å². The fraction of sp³-hybridized carbons (Fsp3) is 0.467. The van der Waals surface area contributed by atoms with Gasteiger partial charge in [0.05, 0.1) is 18.8 Å². The summed E-state index contributed by atoms with van der Waals surface area (Å²) >= 11 is 0. The van der Waals surface area contributed by atoms with E-state index in [2.05, 4.69) is 11.9 Å². The van der Waals surface area contributed by atoms with Gasteiger partial charge in [0.15, 0.2) is 5.90 Å². The van der Waals surface area contributed by atoms with E-state index in [0.29, 0.717) is 30.4 Å². The van der Waals surface area contributed by atoms with Crippen molar-refractivity contribution in [1.82, 2.24) is 0 Å². The van der Waals surface area contributed by atoms with Gasteiger partial charge in [0.1, 0.15) is 5.75 Å². The quantitative estimate of drug-likeness (QED) is 0.448. The van der Waals surface area contributed by atoms with Crippen LogP contribution in [0, 0.1) is 0 Å². The Morgan fingerprint density at radius 1 is 1.26 bits per heavy atom. The summed E-state index contributed by atoms with van der Waals surface area (Å²) in [6.07, 6.45) is 2.02. The van der Waals surface area contributed by atoms with Gasteiger partial charge in [-0.15, -0.1) is 0 Å². The molecule has 0 aliphatic heterocycles. The van der Waals surface area contributed by atoms with Crippen LogP contribution in [0.5, 0.6) is 5.75 Å².